The summed E-state index contributed by atoms with van der Waals surface area (Å²) in [6, 6.07) is 4.11. The summed E-state index contributed by atoms with van der Waals surface area (Å²) in [7, 11) is 0. The molecule has 1 saturated carbocycles. The molecule has 0 amide bonds. The fraction of sp³-hybridized carbons (Fsp3) is 0.500. The van der Waals surface area contributed by atoms with E-state index in [0.717, 1.165) is 49.6 Å². The first-order valence-corrected chi connectivity index (χ1v) is 11.3. The second-order valence-electron chi connectivity index (χ2n) is 9.65. The van der Waals surface area contributed by atoms with Crippen LogP contribution in [-0.4, -0.2) is 38.3 Å². The Balaban J connectivity index is 1.25. The maximum absolute atomic E-state index is 13.7. The predicted octanol–water partition coefficient (Wildman–Crippen LogP) is 4.61. The number of imidazole rings is 1. The lowest BCUT2D eigenvalue weighted by Crippen LogP contribution is -2.46. The smallest absolute Gasteiger partial charge is 0.187 e. The molecule has 1 unspecified atom stereocenters. The molecule has 1 aliphatic carbocycles. The third-order valence-corrected chi connectivity index (χ3v) is 7.29. The van der Waals surface area contributed by atoms with Crippen LogP contribution in [0.4, 0.5) is 10.1 Å². The number of aromatic nitrogens is 3. The van der Waals surface area contributed by atoms with Gasteiger partial charge in [-0.3, -0.25) is 4.57 Å². The zero-order valence-electron chi connectivity index (χ0n) is 18.0. The molecule has 0 bridgehead atoms. The molecule has 3 aliphatic heterocycles. The van der Waals surface area contributed by atoms with E-state index in [9.17, 15) is 4.39 Å². The first-order valence-electron chi connectivity index (χ1n) is 11.3. The van der Waals surface area contributed by atoms with Gasteiger partial charge in [0, 0.05) is 30.9 Å². The van der Waals surface area contributed by atoms with Crippen molar-refractivity contribution in [2.45, 2.75) is 56.7 Å². The monoisotopic (exact) mass is 421 g/mol. The quantitative estimate of drug-likeness (QED) is 0.734. The number of anilines is 1. The van der Waals surface area contributed by atoms with E-state index in [1.54, 1.807) is 6.08 Å². The Labute approximate surface area is 181 Å². The van der Waals surface area contributed by atoms with E-state index in [2.05, 4.69) is 39.7 Å². The Kier molecular flexibility index (Phi) is 4.09. The van der Waals surface area contributed by atoms with Crippen LogP contribution in [0, 0.1) is 5.92 Å². The fourth-order valence-electron chi connectivity index (χ4n) is 5.51. The van der Waals surface area contributed by atoms with Crippen LogP contribution in [-0.2, 0) is 10.3 Å². The number of epoxide rings is 1. The number of fused-ring (bicyclic) bond motifs is 4. The highest BCUT2D eigenvalue weighted by molar-refractivity contribution is 5.63. The van der Waals surface area contributed by atoms with Gasteiger partial charge in [-0.2, -0.15) is 0 Å². The molecule has 5 heterocycles. The minimum Gasteiger partial charge on any atom is -0.371 e. The van der Waals surface area contributed by atoms with Crippen molar-refractivity contribution in [3.8, 4) is 5.82 Å². The van der Waals surface area contributed by atoms with Crippen molar-refractivity contribution in [2.75, 3.05) is 18.5 Å². The summed E-state index contributed by atoms with van der Waals surface area (Å²) in [5.74, 6) is 2.68. The minimum atomic E-state index is -0.535. The van der Waals surface area contributed by atoms with Crippen LogP contribution in [0.25, 0.3) is 5.82 Å². The lowest BCUT2D eigenvalue weighted by molar-refractivity contribution is 0.121. The second kappa shape index (κ2) is 6.66. The highest BCUT2D eigenvalue weighted by Gasteiger charge is 2.50. The normalized spacial score (nSPS) is 30.9. The van der Waals surface area contributed by atoms with E-state index in [1.807, 2.05) is 24.7 Å². The molecule has 2 spiro atoms. The van der Waals surface area contributed by atoms with Gasteiger partial charge in [0.05, 0.1) is 23.1 Å². The second-order valence-corrected chi connectivity index (χ2v) is 9.65. The molecule has 1 atom stereocenters. The molecule has 1 N–H and O–H groups in total. The van der Waals surface area contributed by atoms with Crippen LogP contribution < -0.4 is 5.32 Å². The summed E-state index contributed by atoms with van der Waals surface area (Å²) in [5.41, 5.74) is 1.65. The topological polar surface area (TPSA) is 58.5 Å². The molecule has 7 heteroatoms. The molecule has 31 heavy (non-hydrogen) atoms. The third kappa shape index (κ3) is 2.93. The van der Waals surface area contributed by atoms with E-state index in [0.29, 0.717) is 18.4 Å². The predicted molar refractivity (Wildman–Crippen MR) is 116 cm³/mol. The number of rotatable bonds is 3. The number of nitrogens with one attached hydrogen (secondary N) is 1. The fourth-order valence-corrected chi connectivity index (χ4v) is 5.51. The molecular weight excluding hydrogens is 393 g/mol. The first-order chi connectivity index (χ1) is 15.0. The van der Waals surface area contributed by atoms with Crippen LogP contribution in [0.2, 0.25) is 0 Å². The van der Waals surface area contributed by atoms with Crippen molar-refractivity contribution in [3.63, 3.8) is 0 Å². The summed E-state index contributed by atoms with van der Waals surface area (Å²) in [4.78, 5) is 11.6. The van der Waals surface area contributed by atoms with E-state index in [1.165, 1.54) is 11.8 Å². The van der Waals surface area contributed by atoms with Crippen molar-refractivity contribution in [1.82, 2.24) is 19.4 Å². The van der Waals surface area contributed by atoms with Crippen LogP contribution in [0.15, 0.2) is 48.7 Å². The van der Waals surface area contributed by atoms with Gasteiger partial charge in [0.2, 0.25) is 0 Å². The number of ether oxygens (including phenoxy) is 1. The van der Waals surface area contributed by atoms with Crippen molar-refractivity contribution in [3.05, 3.63) is 60.2 Å². The average Bonchev–Trinajstić information content (AvgIpc) is 3.36. The van der Waals surface area contributed by atoms with Crippen molar-refractivity contribution in [1.29, 1.82) is 0 Å². The molecule has 2 aromatic rings. The summed E-state index contributed by atoms with van der Waals surface area (Å²) < 4.78 is 21.6. The van der Waals surface area contributed by atoms with E-state index < -0.39 is 5.72 Å². The molecule has 0 aromatic carbocycles. The Morgan fingerprint density at radius 1 is 1.29 bits per heavy atom. The van der Waals surface area contributed by atoms with Gasteiger partial charge in [-0.05, 0) is 49.8 Å². The molecule has 162 valence electrons. The molecule has 1 saturated heterocycles. The van der Waals surface area contributed by atoms with Crippen molar-refractivity contribution in [2.24, 2.45) is 5.92 Å². The van der Waals surface area contributed by atoms with Gasteiger partial charge in [-0.1, -0.05) is 13.8 Å². The molecule has 2 aromatic heterocycles. The van der Waals surface area contributed by atoms with Gasteiger partial charge in [-0.25, -0.2) is 14.4 Å². The largest absolute Gasteiger partial charge is 0.371 e. The van der Waals surface area contributed by atoms with Gasteiger partial charge >= 0.3 is 0 Å². The molecule has 4 aliphatic rings. The van der Waals surface area contributed by atoms with Gasteiger partial charge in [0.1, 0.15) is 18.3 Å². The zero-order valence-corrected chi connectivity index (χ0v) is 18.0. The number of pyridine rings is 1. The minimum absolute atomic E-state index is 0.121. The summed E-state index contributed by atoms with van der Waals surface area (Å²) in [5, 5.41) is 3.84. The van der Waals surface area contributed by atoms with Crippen molar-refractivity contribution >= 4 is 5.69 Å². The number of hydrogen-bond acceptors (Lipinski definition) is 5. The van der Waals surface area contributed by atoms with Crippen LogP contribution in [0.5, 0.6) is 0 Å². The van der Waals surface area contributed by atoms with E-state index in [4.69, 9.17) is 9.72 Å². The van der Waals surface area contributed by atoms with Crippen LogP contribution in [0.1, 0.15) is 57.0 Å². The maximum Gasteiger partial charge on any atom is 0.187 e. The third-order valence-electron chi connectivity index (χ3n) is 7.29. The zero-order chi connectivity index (χ0) is 21.2. The summed E-state index contributed by atoms with van der Waals surface area (Å²) >= 11 is 0. The molecule has 0 radical (unpaired) electrons. The number of hydrogen-bond donors (Lipinski definition) is 1. The van der Waals surface area contributed by atoms with Crippen molar-refractivity contribution < 1.29 is 9.13 Å². The molecule has 6 nitrogen and oxygen atoms in total. The molecule has 6 rings (SSSR count). The Morgan fingerprint density at radius 3 is 2.84 bits per heavy atom. The van der Waals surface area contributed by atoms with Gasteiger partial charge in [-0.15, -0.1) is 0 Å². The SMILES string of the molecule is CC(C)c1ncc2n1-c1ncccc1NC21CCC(CN2C=CC(F)=CC23CO3)CC1. The molecule has 2 fully saturated rings. The number of nitrogens with zero attached hydrogens (tertiary/aromatic N) is 4. The van der Waals surface area contributed by atoms with Crippen LogP contribution in [0.3, 0.4) is 0 Å². The number of allylic oxidation sites excluding steroid dienone is 2. The maximum atomic E-state index is 13.7. The molecular formula is C24H28FN5O. The van der Waals surface area contributed by atoms with E-state index >= 15 is 0 Å². The first kappa shape index (κ1) is 19.0. The number of halogens is 1. The summed E-state index contributed by atoms with van der Waals surface area (Å²) in [6.07, 6.45) is 13.2. The van der Waals surface area contributed by atoms with Gasteiger partial charge in [0.25, 0.3) is 0 Å². The Hall–Kier alpha value is -2.67. The van der Waals surface area contributed by atoms with E-state index in [-0.39, 0.29) is 11.4 Å². The summed E-state index contributed by atoms with van der Waals surface area (Å²) in [6.45, 7) is 5.83. The highest BCUT2D eigenvalue weighted by Crippen LogP contribution is 2.48. The lowest BCUT2D eigenvalue weighted by Gasteiger charge is -2.45. The highest BCUT2D eigenvalue weighted by atomic mass is 19.1. The Bertz CT molecular complexity index is 1080. The average molecular weight is 422 g/mol. The lowest BCUT2D eigenvalue weighted by atomic mass is 9.73. The van der Waals surface area contributed by atoms with Gasteiger partial charge in [0.15, 0.2) is 11.5 Å². The van der Waals surface area contributed by atoms with Gasteiger partial charge < -0.3 is 15.0 Å². The Morgan fingerprint density at radius 2 is 2.10 bits per heavy atom. The standard InChI is InChI=1S/C24H28FN5O/c1-16(2)21-27-13-20-23(28-19-4-3-10-26-22(19)30(20)21)8-5-17(6-9-23)14-29-11-7-18(25)12-24(29)15-31-24/h3-4,7,10-13,16-17,28H,5-6,8-9,14-15H2,1-2H3. The van der Waals surface area contributed by atoms with Crippen LogP contribution >= 0.6 is 0 Å².